The highest BCUT2D eigenvalue weighted by Crippen LogP contribution is 2.40. The molecule has 0 radical (unpaired) electrons. The normalized spacial score (nSPS) is 20.8. The van der Waals surface area contributed by atoms with Gasteiger partial charge in [-0.2, -0.15) is 9.40 Å². The van der Waals surface area contributed by atoms with Crippen molar-refractivity contribution in [3.63, 3.8) is 0 Å². The van der Waals surface area contributed by atoms with Gasteiger partial charge in [-0.25, -0.2) is 18.2 Å². The zero-order valence-corrected chi connectivity index (χ0v) is 17.7. The van der Waals surface area contributed by atoms with Gasteiger partial charge < -0.3 is 19.6 Å². The number of hydrogen-bond acceptors (Lipinski definition) is 8. The summed E-state index contributed by atoms with van der Waals surface area (Å²) in [6, 6.07) is 3.11. The largest absolute Gasteiger partial charge is 0.481 e. The number of carboxylic acid groups (broad SMARTS) is 1. The van der Waals surface area contributed by atoms with Gasteiger partial charge in [-0.3, -0.25) is 9.48 Å². The molecule has 1 aromatic carbocycles. The van der Waals surface area contributed by atoms with E-state index in [0.717, 1.165) is 12.4 Å². The number of nitrogens with zero attached hydrogens (tertiary/aromatic N) is 4. The molecule has 2 atom stereocenters. The van der Waals surface area contributed by atoms with Crippen LogP contribution in [0, 0.1) is 5.92 Å². The smallest absolute Gasteiger partial charge is 0.344 e. The maximum absolute atomic E-state index is 13.1. The van der Waals surface area contributed by atoms with Crippen LogP contribution in [-0.2, 0) is 21.2 Å². The van der Waals surface area contributed by atoms with Gasteiger partial charge in [0.1, 0.15) is 4.90 Å². The number of carboxylic acids is 1. The van der Waals surface area contributed by atoms with Crippen molar-refractivity contribution in [1.82, 2.24) is 24.1 Å². The molecular formula is C19H19N5O7S. The number of aromatic amines is 1. The number of rotatable bonds is 5. The van der Waals surface area contributed by atoms with Crippen LogP contribution in [0.4, 0.5) is 0 Å². The summed E-state index contributed by atoms with van der Waals surface area (Å²) in [6.07, 6.45) is 1.87. The highest BCUT2D eigenvalue weighted by molar-refractivity contribution is 7.89. The molecule has 0 bridgehead atoms. The Balaban J connectivity index is 1.54. The molecule has 2 aliphatic rings. The third-order valence-electron chi connectivity index (χ3n) is 5.73. The van der Waals surface area contributed by atoms with Gasteiger partial charge >= 0.3 is 11.7 Å². The number of aliphatic carboxylic acids is 1. The second-order valence-corrected chi connectivity index (χ2v) is 9.74. The number of ether oxygens (including phenoxy) is 2. The standard InChI is InChI=1S/C19H19N5O7S/c1-10-7-23(32(28,29)11-5-20-19(27)21-6-11)8-15(10)24-14-4-17-16(30-9-31-17)2-12(14)13(22-24)3-18(25)26/h2,4-6,10,15H,3,7-9H2,1H3,(H,25,26)(H,20,21,27)/t10-,15+/m1/s1. The van der Waals surface area contributed by atoms with Gasteiger partial charge in [-0.15, -0.1) is 0 Å². The van der Waals surface area contributed by atoms with E-state index in [-0.39, 0.29) is 43.2 Å². The molecule has 32 heavy (non-hydrogen) atoms. The van der Waals surface area contributed by atoms with Crippen molar-refractivity contribution >= 4 is 26.9 Å². The number of carbonyl (C=O) groups is 1. The van der Waals surface area contributed by atoms with Gasteiger partial charge in [-0.1, -0.05) is 6.92 Å². The summed E-state index contributed by atoms with van der Waals surface area (Å²) in [4.78, 5) is 28.3. The van der Waals surface area contributed by atoms with Crippen LogP contribution in [-0.4, -0.2) is 63.4 Å². The summed E-state index contributed by atoms with van der Waals surface area (Å²) >= 11 is 0. The molecule has 5 rings (SSSR count). The highest BCUT2D eigenvalue weighted by atomic mass is 32.2. The molecule has 1 saturated heterocycles. The number of nitrogens with one attached hydrogen (secondary N) is 1. The number of benzene rings is 1. The Kier molecular flexibility index (Phi) is 4.67. The molecule has 0 spiro atoms. The van der Waals surface area contributed by atoms with Crippen LogP contribution < -0.4 is 15.2 Å². The molecule has 12 nitrogen and oxygen atoms in total. The molecular weight excluding hydrogens is 442 g/mol. The van der Waals surface area contributed by atoms with Crippen LogP contribution in [0.15, 0.2) is 34.2 Å². The lowest BCUT2D eigenvalue weighted by molar-refractivity contribution is -0.136. The summed E-state index contributed by atoms with van der Waals surface area (Å²) < 4.78 is 40.0. The Morgan fingerprint density at radius 1 is 1.28 bits per heavy atom. The Morgan fingerprint density at radius 2 is 2.03 bits per heavy atom. The maximum Gasteiger partial charge on any atom is 0.344 e. The molecule has 1 fully saturated rings. The zero-order chi connectivity index (χ0) is 22.6. The van der Waals surface area contributed by atoms with Crippen molar-refractivity contribution in [3.8, 4) is 11.5 Å². The van der Waals surface area contributed by atoms with Crippen molar-refractivity contribution in [1.29, 1.82) is 0 Å². The van der Waals surface area contributed by atoms with E-state index < -0.39 is 21.7 Å². The Hall–Kier alpha value is -3.45. The summed E-state index contributed by atoms with van der Waals surface area (Å²) in [5.74, 6) is -0.108. The third kappa shape index (κ3) is 3.29. The number of hydrogen-bond donors (Lipinski definition) is 2. The molecule has 0 unspecified atom stereocenters. The number of sulfonamides is 1. The Labute approximate surface area is 181 Å². The average molecular weight is 461 g/mol. The van der Waals surface area contributed by atoms with E-state index >= 15 is 0 Å². The molecule has 0 aliphatic carbocycles. The zero-order valence-electron chi connectivity index (χ0n) is 16.9. The monoisotopic (exact) mass is 461 g/mol. The molecule has 0 amide bonds. The first-order valence-corrected chi connectivity index (χ1v) is 11.3. The quantitative estimate of drug-likeness (QED) is 0.547. The van der Waals surface area contributed by atoms with Crippen LogP contribution in [0.2, 0.25) is 0 Å². The SMILES string of the molecule is C[C@@H]1CN(S(=O)(=O)c2cnc(=O)[nH]c2)C[C@@H]1n1nc(CC(=O)O)c2cc3c(cc21)OCO3. The lowest BCUT2D eigenvalue weighted by atomic mass is 10.1. The summed E-state index contributed by atoms with van der Waals surface area (Å²) in [7, 11) is -3.88. The molecule has 2 N–H and O–H groups in total. The van der Waals surface area contributed by atoms with Crippen LogP contribution >= 0.6 is 0 Å². The molecule has 2 aliphatic heterocycles. The first kappa shape index (κ1) is 20.5. The van der Waals surface area contributed by atoms with Crippen molar-refractivity contribution in [2.75, 3.05) is 19.9 Å². The van der Waals surface area contributed by atoms with E-state index in [1.165, 1.54) is 4.31 Å². The predicted octanol–water partition coefficient (Wildman–Crippen LogP) is 0.357. The topological polar surface area (TPSA) is 157 Å². The Bertz CT molecular complexity index is 1380. The van der Waals surface area contributed by atoms with E-state index in [0.29, 0.717) is 28.1 Å². The molecule has 4 heterocycles. The van der Waals surface area contributed by atoms with Gasteiger partial charge in [0.2, 0.25) is 16.8 Å². The van der Waals surface area contributed by atoms with Crippen molar-refractivity contribution in [2.24, 2.45) is 5.92 Å². The second-order valence-electron chi connectivity index (χ2n) is 7.81. The fraction of sp³-hybridized carbons (Fsp3) is 0.368. The van der Waals surface area contributed by atoms with Crippen LogP contribution in [0.3, 0.4) is 0 Å². The molecule has 3 aromatic rings. The third-order valence-corrected chi connectivity index (χ3v) is 7.53. The summed E-state index contributed by atoms with van der Waals surface area (Å²) in [6.45, 7) is 2.33. The minimum atomic E-state index is -3.88. The van der Waals surface area contributed by atoms with E-state index in [1.54, 1.807) is 16.8 Å². The first-order valence-electron chi connectivity index (χ1n) is 9.81. The Morgan fingerprint density at radius 3 is 2.72 bits per heavy atom. The average Bonchev–Trinajstić information content (AvgIpc) is 3.44. The van der Waals surface area contributed by atoms with Gasteiger partial charge in [0, 0.05) is 30.7 Å². The molecule has 2 aromatic heterocycles. The van der Waals surface area contributed by atoms with E-state index in [1.807, 2.05) is 6.92 Å². The number of fused-ring (bicyclic) bond motifs is 2. The minimum absolute atomic E-state index is 0.0721. The molecule has 13 heteroatoms. The van der Waals surface area contributed by atoms with Gasteiger partial charge in [-0.05, 0) is 12.0 Å². The van der Waals surface area contributed by atoms with Gasteiger partial charge in [0.25, 0.3) is 0 Å². The highest BCUT2D eigenvalue weighted by Gasteiger charge is 2.40. The number of H-pyrrole nitrogens is 1. The fourth-order valence-electron chi connectivity index (χ4n) is 4.16. The van der Waals surface area contributed by atoms with Crippen molar-refractivity contribution in [3.05, 3.63) is 40.7 Å². The first-order chi connectivity index (χ1) is 15.2. The van der Waals surface area contributed by atoms with Gasteiger partial charge in [0.05, 0.1) is 29.9 Å². The minimum Gasteiger partial charge on any atom is -0.481 e. The lowest BCUT2D eigenvalue weighted by Gasteiger charge is -2.17. The van der Waals surface area contributed by atoms with Crippen LogP contribution in [0.5, 0.6) is 11.5 Å². The molecule has 168 valence electrons. The van der Waals surface area contributed by atoms with Crippen LogP contribution in [0.25, 0.3) is 10.9 Å². The van der Waals surface area contributed by atoms with Gasteiger partial charge in [0.15, 0.2) is 11.5 Å². The van der Waals surface area contributed by atoms with Crippen molar-refractivity contribution < 1.29 is 27.8 Å². The van der Waals surface area contributed by atoms with E-state index in [9.17, 15) is 23.1 Å². The maximum atomic E-state index is 13.1. The molecule has 0 saturated carbocycles. The summed E-state index contributed by atoms with van der Waals surface area (Å²) in [5, 5.41) is 14.5. The van der Waals surface area contributed by atoms with E-state index in [2.05, 4.69) is 15.1 Å². The van der Waals surface area contributed by atoms with Crippen molar-refractivity contribution in [2.45, 2.75) is 24.3 Å². The van der Waals surface area contributed by atoms with E-state index in [4.69, 9.17) is 9.47 Å². The fourth-order valence-corrected chi connectivity index (χ4v) is 5.63. The second kappa shape index (κ2) is 7.31. The predicted molar refractivity (Wildman–Crippen MR) is 109 cm³/mol. The summed E-state index contributed by atoms with van der Waals surface area (Å²) in [5.41, 5.74) is 0.376. The lowest BCUT2D eigenvalue weighted by Crippen LogP contribution is -2.30. The van der Waals surface area contributed by atoms with Crippen LogP contribution in [0.1, 0.15) is 18.7 Å². The number of aromatic nitrogens is 4.